The van der Waals surface area contributed by atoms with E-state index >= 15 is 0 Å². The number of fused-ring (bicyclic) bond motifs is 3. The minimum Gasteiger partial charge on any atom is -0.493 e. The molecule has 0 saturated carbocycles. The number of benzene rings is 2. The largest absolute Gasteiger partial charge is 0.493 e. The molecule has 2 aliphatic heterocycles. The summed E-state index contributed by atoms with van der Waals surface area (Å²) in [4.78, 5) is 23.5. The number of nitrogens with one attached hydrogen (secondary N) is 2. The first-order valence-electron chi connectivity index (χ1n) is 13.9. The summed E-state index contributed by atoms with van der Waals surface area (Å²) in [5.41, 5.74) is 3.82. The van der Waals surface area contributed by atoms with E-state index in [0.29, 0.717) is 52.4 Å². The highest BCUT2D eigenvalue weighted by molar-refractivity contribution is 5.98. The fraction of sp³-hybridized carbons (Fsp3) is 0.281. The van der Waals surface area contributed by atoms with Crippen LogP contribution in [0.1, 0.15) is 35.2 Å². The van der Waals surface area contributed by atoms with Crippen LogP contribution in [0.5, 0.6) is 17.2 Å². The number of likely N-dealkylation sites (tertiary alicyclic amines) is 1. The van der Waals surface area contributed by atoms with Crippen LogP contribution >= 0.6 is 0 Å². The molecule has 4 aromatic rings. The minimum atomic E-state index is -0.442. The molecule has 4 heterocycles. The zero-order valence-corrected chi connectivity index (χ0v) is 23.8. The van der Waals surface area contributed by atoms with E-state index in [1.54, 1.807) is 41.4 Å². The number of carbonyl (C=O) groups is 1. The van der Waals surface area contributed by atoms with Gasteiger partial charge in [0.05, 0.1) is 40.8 Å². The molecule has 2 unspecified atom stereocenters. The number of aryl methyl sites for hydroxylation is 1. The van der Waals surface area contributed by atoms with Gasteiger partial charge in [-0.2, -0.15) is 10.5 Å². The predicted molar refractivity (Wildman–Crippen MR) is 158 cm³/mol. The molecular weight excluding hydrogens is 546 g/mol. The van der Waals surface area contributed by atoms with E-state index in [1.165, 1.54) is 13.3 Å². The van der Waals surface area contributed by atoms with Crippen LogP contribution in [-0.4, -0.2) is 53.2 Å². The maximum atomic E-state index is 13.0. The Balaban J connectivity index is 1.27. The molecule has 2 fully saturated rings. The number of amides is 1. The van der Waals surface area contributed by atoms with Crippen molar-refractivity contribution in [1.29, 1.82) is 10.5 Å². The van der Waals surface area contributed by atoms with Gasteiger partial charge in [-0.1, -0.05) is 6.07 Å². The van der Waals surface area contributed by atoms with E-state index in [-0.39, 0.29) is 30.0 Å². The third-order valence-corrected chi connectivity index (χ3v) is 7.81. The number of pyridine rings is 2. The van der Waals surface area contributed by atoms with Crippen molar-refractivity contribution >= 4 is 28.4 Å². The van der Waals surface area contributed by atoms with E-state index in [2.05, 4.69) is 32.7 Å². The fourth-order valence-electron chi connectivity index (χ4n) is 5.53. The summed E-state index contributed by atoms with van der Waals surface area (Å²) < 4.78 is 17.3. The molecule has 216 valence electrons. The third-order valence-electron chi connectivity index (χ3n) is 7.81. The monoisotopic (exact) mass is 575 g/mol. The van der Waals surface area contributed by atoms with Gasteiger partial charge in [-0.05, 0) is 49.6 Å². The molecule has 1 amide bonds. The van der Waals surface area contributed by atoms with Crippen LogP contribution in [0.25, 0.3) is 10.9 Å². The molecular formula is C32H29N7O4. The van der Waals surface area contributed by atoms with E-state index in [9.17, 15) is 15.3 Å². The molecule has 43 heavy (non-hydrogen) atoms. The lowest BCUT2D eigenvalue weighted by molar-refractivity contribution is 0.132. The number of aromatic nitrogens is 2. The second-order valence-corrected chi connectivity index (χ2v) is 10.6. The van der Waals surface area contributed by atoms with Crippen LogP contribution in [0.3, 0.4) is 0 Å². The molecule has 0 radical (unpaired) electrons. The number of anilines is 2. The minimum absolute atomic E-state index is 0.233. The van der Waals surface area contributed by atoms with Crippen LogP contribution in [0.2, 0.25) is 0 Å². The van der Waals surface area contributed by atoms with Crippen molar-refractivity contribution in [1.82, 2.24) is 20.2 Å². The SMILES string of the molecule is COc1cc2c(Nc3ccc(OCc4ncccc4C)cc3C#N)c(C#N)cnc2cc1OC(=O)N1CC2CCC(C1)N2. The van der Waals surface area contributed by atoms with Crippen molar-refractivity contribution in [3.63, 3.8) is 0 Å². The van der Waals surface area contributed by atoms with Gasteiger partial charge in [0.2, 0.25) is 0 Å². The summed E-state index contributed by atoms with van der Waals surface area (Å²) in [6, 6.07) is 17.2. The molecule has 0 spiro atoms. The molecule has 11 heteroatoms. The molecule has 0 aliphatic carbocycles. The second-order valence-electron chi connectivity index (χ2n) is 10.6. The van der Waals surface area contributed by atoms with Crippen molar-refractivity contribution in [2.45, 2.75) is 38.5 Å². The highest BCUT2D eigenvalue weighted by Crippen LogP contribution is 2.38. The zero-order chi connectivity index (χ0) is 29.9. The van der Waals surface area contributed by atoms with Gasteiger partial charge in [0.1, 0.15) is 24.5 Å². The Bertz CT molecular complexity index is 1780. The van der Waals surface area contributed by atoms with Crippen molar-refractivity contribution in [2.24, 2.45) is 0 Å². The summed E-state index contributed by atoms with van der Waals surface area (Å²) in [6.07, 6.45) is 4.80. The number of hydrogen-bond acceptors (Lipinski definition) is 10. The number of carbonyl (C=O) groups excluding carboxylic acids is 1. The first kappa shape index (κ1) is 27.8. The van der Waals surface area contributed by atoms with Crippen LogP contribution < -0.4 is 24.8 Å². The number of piperazine rings is 1. The Hall–Kier alpha value is -5.39. The maximum absolute atomic E-state index is 13.0. The molecule has 2 aromatic carbocycles. The number of methoxy groups -OCH3 is 1. The Morgan fingerprint density at radius 2 is 1.86 bits per heavy atom. The summed E-state index contributed by atoms with van der Waals surface area (Å²) in [6.45, 7) is 3.41. The van der Waals surface area contributed by atoms with Gasteiger partial charge in [0.25, 0.3) is 0 Å². The third kappa shape index (κ3) is 5.71. The van der Waals surface area contributed by atoms with E-state index in [1.807, 2.05) is 19.1 Å². The molecule has 2 saturated heterocycles. The van der Waals surface area contributed by atoms with Crippen molar-refractivity contribution < 1.29 is 19.0 Å². The van der Waals surface area contributed by atoms with Crippen LogP contribution in [0.15, 0.2) is 54.9 Å². The van der Waals surface area contributed by atoms with Gasteiger partial charge in [-0.25, -0.2) is 4.79 Å². The summed E-state index contributed by atoms with van der Waals surface area (Å²) >= 11 is 0. The van der Waals surface area contributed by atoms with Gasteiger partial charge in [-0.15, -0.1) is 0 Å². The Morgan fingerprint density at radius 1 is 1.07 bits per heavy atom. The number of rotatable bonds is 7. The molecule has 2 atom stereocenters. The standard InChI is InChI=1S/C32H29N7O4/c1-19-4-3-9-35-28(19)18-42-24-7-8-26(20(10-24)13-33)38-31-21(14-34)15-36-27-12-30(29(41-2)11-25(27)31)43-32(40)39-16-22-5-6-23(17-39)37-22/h3-4,7-12,15,22-23,37H,5-6,16-18H2,1-2H3,(H,36,38). The first-order valence-corrected chi connectivity index (χ1v) is 13.9. The average Bonchev–Trinajstić information content (AvgIpc) is 3.37. The molecule has 2 aromatic heterocycles. The quantitative estimate of drug-likeness (QED) is 0.310. The molecule has 2 aliphatic rings. The zero-order valence-electron chi connectivity index (χ0n) is 23.8. The van der Waals surface area contributed by atoms with Gasteiger partial charge in [0.15, 0.2) is 11.5 Å². The molecule has 2 N–H and O–H groups in total. The molecule has 2 bridgehead atoms. The van der Waals surface area contributed by atoms with Crippen molar-refractivity contribution in [3.05, 3.63) is 77.2 Å². The molecule has 6 rings (SSSR count). The van der Waals surface area contributed by atoms with E-state index < -0.39 is 6.09 Å². The average molecular weight is 576 g/mol. The highest BCUT2D eigenvalue weighted by atomic mass is 16.6. The molecule has 11 nitrogen and oxygen atoms in total. The Labute approximate surface area is 248 Å². The number of nitrogens with zero attached hydrogens (tertiary/aromatic N) is 5. The van der Waals surface area contributed by atoms with Gasteiger partial charge in [-0.3, -0.25) is 9.97 Å². The van der Waals surface area contributed by atoms with E-state index in [4.69, 9.17) is 14.2 Å². The Morgan fingerprint density at radius 3 is 2.58 bits per heavy atom. The fourth-order valence-corrected chi connectivity index (χ4v) is 5.53. The number of hydrogen-bond donors (Lipinski definition) is 2. The lowest BCUT2D eigenvalue weighted by atomic mass is 10.1. The second kappa shape index (κ2) is 11.8. The van der Waals surface area contributed by atoms with E-state index in [0.717, 1.165) is 24.1 Å². The lowest BCUT2D eigenvalue weighted by Gasteiger charge is -2.32. The number of nitriles is 2. The smallest absolute Gasteiger partial charge is 0.415 e. The summed E-state index contributed by atoms with van der Waals surface area (Å²) in [5.74, 6) is 1.06. The summed E-state index contributed by atoms with van der Waals surface area (Å²) in [5, 5.41) is 27.1. The Kier molecular flexibility index (Phi) is 7.65. The van der Waals surface area contributed by atoms with Crippen LogP contribution in [-0.2, 0) is 6.61 Å². The lowest BCUT2D eigenvalue weighted by Crippen LogP contribution is -2.53. The van der Waals surface area contributed by atoms with Crippen LogP contribution in [0, 0.1) is 29.6 Å². The van der Waals surface area contributed by atoms with Crippen LogP contribution in [0.4, 0.5) is 16.2 Å². The van der Waals surface area contributed by atoms with Gasteiger partial charge in [0, 0.05) is 55.1 Å². The van der Waals surface area contributed by atoms with Gasteiger partial charge < -0.3 is 29.7 Å². The normalized spacial score (nSPS) is 17.2. The number of ether oxygens (including phenoxy) is 3. The van der Waals surface area contributed by atoms with Crippen molar-refractivity contribution in [3.8, 4) is 29.4 Å². The highest BCUT2D eigenvalue weighted by Gasteiger charge is 2.35. The maximum Gasteiger partial charge on any atom is 0.415 e. The summed E-state index contributed by atoms with van der Waals surface area (Å²) in [7, 11) is 1.48. The predicted octanol–water partition coefficient (Wildman–Crippen LogP) is 4.95. The van der Waals surface area contributed by atoms with Crippen molar-refractivity contribution in [2.75, 3.05) is 25.5 Å². The topological polar surface area (TPSA) is 145 Å². The first-order chi connectivity index (χ1) is 20.9. The van der Waals surface area contributed by atoms with Gasteiger partial charge >= 0.3 is 6.09 Å².